The fraction of sp³-hybridized carbons (Fsp3) is 0.875. The Bertz CT molecular complexity index is 305. The van der Waals surface area contributed by atoms with Crippen LogP contribution in [-0.2, 0) is 14.9 Å². The molecule has 0 aromatic carbocycles. The number of rotatable bonds is 9. The number of nitrogens with two attached hydrogens (primary N) is 1. The average molecular weight is 270 g/mol. The molecule has 4 N–H and O–H groups in total. The largest absolute Gasteiger partial charge is 0.368 e. The average Bonchev–Trinajstić information content (AvgIpc) is 2.14. The molecule has 1 amide bonds. The molecule has 0 spiro atoms. The van der Waals surface area contributed by atoms with Crippen LogP contribution in [0.2, 0.25) is 0 Å². The highest BCUT2D eigenvalue weighted by Gasteiger charge is 2.13. The monoisotopic (exact) mass is 270 g/mol. The normalized spacial score (nSPS) is 13.6. The zero-order chi connectivity index (χ0) is 12.6. The lowest BCUT2D eigenvalue weighted by atomic mass is 10.2. The van der Waals surface area contributed by atoms with Crippen molar-refractivity contribution in [2.75, 3.05) is 24.3 Å². The van der Waals surface area contributed by atoms with Gasteiger partial charge in [0.2, 0.25) is 5.91 Å². The number of amides is 1. The van der Waals surface area contributed by atoms with E-state index in [1.807, 2.05) is 6.26 Å². The van der Waals surface area contributed by atoms with E-state index in [1.165, 1.54) is 0 Å². The molecule has 16 heavy (non-hydrogen) atoms. The second-order valence-electron chi connectivity index (χ2n) is 3.33. The topological polar surface area (TPSA) is 109 Å². The van der Waals surface area contributed by atoms with Gasteiger partial charge in [0.05, 0.1) is 11.8 Å². The van der Waals surface area contributed by atoms with Crippen molar-refractivity contribution < 1.29 is 17.8 Å². The third kappa shape index (κ3) is 8.96. The van der Waals surface area contributed by atoms with E-state index in [9.17, 15) is 13.2 Å². The predicted molar refractivity (Wildman–Crippen MR) is 65.0 cm³/mol. The molecule has 0 rings (SSSR count). The van der Waals surface area contributed by atoms with Gasteiger partial charge < -0.3 is 11.1 Å². The Kier molecular flexibility index (Phi) is 7.73. The van der Waals surface area contributed by atoms with Crippen LogP contribution in [0.15, 0.2) is 0 Å². The summed E-state index contributed by atoms with van der Waals surface area (Å²) in [7, 11) is -3.92. The van der Waals surface area contributed by atoms with Crippen LogP contribution in [0.4, 0.5) is 0 Å². The van der Waals surface area contributed by atoms with Crippen LogP contribution in [0.1, 0.15) is 12.8 Å². The molecule has 0 aromatic heterocycles. The lowest BCUT2D eigenvalue weighted by molar-refractivity contribution is -0.120. The van der Waals surface area contributed by atoms with Crippen molar-refractivity contribution in [1.29, 1.82) is 0 Å². The maximum absolute atomic E-state index is 11.0. The fourth-order valence-corrected chi connectivity index (χ4v) is 2.09. The number of primary amides is 1. The molecular formula is C8H18N2O4S2. The van der Waals surface area contributed by atoms with Gasteiger partial charge in [0.1, 0.15) is 0 Å². The highest BCUT2D eigenvalue weighted by atomic mass is 32.2. The van der Waals surface area contributed by atoms with Crippen LogP contribution in [0, 0.1) is 0 Å². The van der Waals surface area contributed by atoms with Crippen molar-refractivity contribution in [1.82, 2.24) is 5.32 Å². The number of carbonyl (C=O) groups is 1. The molecule has 8 heteroatoms. The van der Waals surface area contributed by atoms with Crippen LogP contribution >= 0.6 is 11.8 Å². The Morgan fingerprint density at radius 2 is 2.19 bits per heavy atom. The smallest absolute Gasteiger partial charge is 0.264 e. The van der Waals surface area contributed by atoms with Gasteiger partial charge in [0, 0.05) is 0 Å². The Morgan fingerprint density at radius 1 is 1.56 bits per heavy atom. The highest BCUT2D eigenvalue weighted by molar-refractivity contribution is 7.98. The number of thioether (sulfide) groups is 1. The minimum Gasteiger partial charge on any atom is -0.368 e. The minimum atomic E-state index is -3.92. The lowest BCUT2D eigenvalue weighted by Crippen LogP contribution is -2.42. The number of hydrogen-bond donors (Lipinski definition) is 3. The van der Waals surface area contributed by atoms with Crippen LogP contribution in [0.5, 0.6) is 0 Å². The standard InChI is InChI=1S/C8H18N2O4S2/c1-15-5-3-7(8(9)11)10-4-2-6-16(12,13)14/h7,10H,2-6H2,1H3,(H2,9,11)(H,12,13,14)/t7-/m0/s1. The molecule has 0 aliphatic heterocycles. The van der Waals surface area contributed by atoms with Gasteiger partial charge in [-0.25, -0.2) is 0 Å². The van der Waals surface area contributed by atoms with Crippen molar-refractivity contribution >= 4 is 27.8 Å². The van der Waals surface area contributed by atoms with E-state index < -0.39 is 22.1 Å². The van der Waals surface area contributed by atoms with E-state index in [2.05, 4.69) is 5.32 Å². The molecule has 6 nitrogen and oxygen atoms in total. The predicted octanol–water partition coefficient (Wildman–Crippen LogP) is -0.539. The maximum atomic E-state index is 11.0. The molecule has 0 saturated heterocycles. The molecular weight excluding hydrogens is 252 g/mol. The van der Waals surface area contributed by atoms with Gasteiger partial charge in [0.15, 0.2) is 0 Å². The van der Waals surface area contributed by atoms with E-state index in [-0.39, 0.29) is 12.2 Å². The van der Waals surface area contributed by atoms with Gasteiger partial charge in [-0.3, -0.25) is 9.35 Å². The SMILES string of the molecule is CSCC[C@H](NCCCS(=O)(=O)O)C(N)=O. The van der Waals surface area contributed by atoms with Crippen LogP contribution < -0.4 is 11.1 Å². The summed E-state index contributed by atoms with van der Waals surface area (Å²) in [6.45, 7) is 0.335. The summed E-state index contributed by atoms with van der Waals surface area (Å²) in [5.41, 5.74) is 5.17. The zero-order valence-electron chi connectivity index (χ0n) is 9.18. The second kappa shape index (κ2) is 7.88. The molecule has 96 valence electrons. The zero-order valence-corrected chi connectivity index (χ0v) is 10.8. The number of carbonyl (C=O) groups excluding carboxylic acids is 1. The molecule has 0 unspecified atom stereocenters. The molecule has 0 radical (unpaired) electrons. The molecule has 0 heterocycles. The van der Waals surface area contributed by atoms with Crippen molar-refractivity contribution in [3.05, 3.63) is 0 Å². The number of nitrogens with one attached hydrogen (secondary N) is 1. The molecule has 0 aliphatic rings. The van der Waals surface area contributed by atoms with Crippen molar-refractivity contribution in [2.45, 2.75) is 18.9 Å². The van der Waals surface area contributed by atoms with Gasteiger partial charge in [-0.1, -0.05) is 0 Å². The van der Waals surface area contributed by atoms with Gasteiger partial charge >= 0.3 is 0 Å². The first-order valence-electron chi connectivity index (χ1n) is 4.83. The van der Waals surface area contributed by atoms with E-state index >= 15 is 0 Å². The summed E-state index contributed by atoms with van der Waals surface area (Å²) in [4.78, 5) is 11.0. The second-order valence-corrected chi connectivity index (χ2v) is 5.89. The molecule has 1 atom stereocenters. The summed E-state index contributed by atoms with van der Waals surface area (Å²) in [6, 6.07) is -0.436. The van der Waals surface area contributed by atoms with Gasteiger partial charge in [-0.2, -0.15) is 20.2 Å². The third-order valence-electron chi connectivity index (χ3n) is 1.92. The van der Waals surface area contributed by atoms with Crippen LogP contribution in [-0.4, -0.2) is 49.2 Å². The van der Waals surface area contributed by atoms with Gasteiger partial charge in [0.25, 0.3) is 10.1 Å². The molecule has 0 aliphatic carbocycles. The maximum Gasteiger partial charge on any atom is 0.264 e. The Labute approximate surface area is 100 Å². The van der Waals surface area contributed by atoms with E-state index in [0.717, 1.165) is 5.75 Å². The third-order valence-corrected chi connectivity index (χ3v) is 3.37. The van der Waals surface area contributed by atoms with E-state index in [1.54, 1.807) is 11.8 Å². The van der Waals surface area contributed by atoms with Gasteiger partial charge in [-0.05, 0) is 31.4 Å². The molecule has 0 aromatic rings. The fourth-order valence-electron chi connectivity index (χ4n) is 1.11. The van der Waals surface area contributed by atoms with E-state index in [4.69, 9.17) is 10.3 Å². The Balaban J connectivity index is 3.81. The number of hydrogen-bond acceptors (Lipinski definition) is 5. The minimum absolute atomic E-state index is 0.252. The van der Waals surface area contributed by atoms with Crippen molar-refractivity contribution in [2.24, 2.45) is 5.73 Å². The van der Waals surface area contributed by atoms with E-state index in [0.29, 0.717) is 13.0 Å². The summed E-state index contributed by atoms with van der Waals surface area (Å²) < 4.78 is 29.3. The quantitative estimate of drug-likeness (QED) is 0.383. The lowest BCUT2D eigenvalue weighted by Gasteiger charge is -2.14. The first kappa shape index (κ1) is 15.7. The van der Waals surface area contributed by atoms with Crippen LogP contribution in [0.3, 0.4) is 0 Å². The molecule has 0 fully saturated rings. The van der Waals surface area contributed by atoms with Crippen LogP contribution in [0.25, 0.3) is 0 Å². The van der Waals surface area contributed by atoms with Gasteiger partial charge in [-0.15, -0.1) is 0 Å². The Hall–Kier alpha value is -0.310. The molecule has 0 saturated carbocycles. The summed E-state index contributed by atoms with van der Waals surface area (Å²) in [5, 5.41) is 2.86. The highest BCUT2D eigenvalue weighted by Crippen LogP contribution is 2.00. The van der Waals surface area contributed by atoms with Crippen molar-refractivity contribution in [3.63, 3.8) is 0 Å². The summed E-state index contributed by atoms with van der Waals surface area (Å²) in [6.07, 6.45) is 2.79. The first-order chi connectivity index (χ1) is 7.37. The molecule has 0 bridgehead atoms. The summed E-state index contributed by atoms with van der Waals surface area (Å²) in [5.74, 6) is 0.0494. The van der Waals surface area contributed by atoms with Crippen molar-refractivity contribution in [3.8, 4) is 0 Å². The first-order valence-corrected chi connectivity index (χ1v) is 7.84. The summed E-state index contributed by atoms with van der Waals surface area (Å²) >= 11 is 1.61. The Morgan fingerprint density at radius 3 is 2.62 bits per heavy atom.